The molecule has 3 N–H and O–H groups in total. The number of fused-ring (bicyclic) bond motifs is 1. The van der Waals surface area contributed by atoms with Crippen LogP contribution in [-0.4, -0.2) is 36.9 Å². The molecule has 0 unspecified atom stereocenters. The van der Waals surface area contributed by atoms with Gasteiger partial charge in [-0.15, -0.1) is 0 Å². The minimum atomic E-state index is -1.46. The molecule has 0 fully saturated rings. The SMILES string of the molecule is O=C(Oc1ccc(-c2cc(=O)c3c(O)ccc(O)c3n2C(=O)O)cc1)c1cccnc1. The fourth-order valence-corrected chi connectivity index (χ4v) is 3.17. The van der Waals surface area contributed by atoms with E-state index >= 15 is 0 Å². The summed E-state index contributed by atoms with van der Waals surface area (Å²) in [4.78, 5) is 40.5. The van der Waals surface area contributed by atoms with E-state index in [-0.39, 0.29) is 27.9 Å². The quantitative estimate of drug-likeness (QED) is 0.262. The van der Waals surface area contributed by atoms with Gasteiger partial charge in [-0.25, -0.2) is 14.2 Å². The average Bonchev–Trinajstić information content (AvgIpc) is 2.76. The van der Waals surface area contributed by atoms with Crippen molar-refractivity contribution in [1.82, 2.24) is 9.55 Å². The monoisotopic (exact) mass is 418 g/mol. The third-order valence-electron chi connectivity index (χ3n) is 4.56. The number of rotatable bonds is 3. The standard InChI is InChI=1S/C22H14N2O7/c25-16-7-8-17(26)20-19(16)18(27)10-15(24(20)22(29)30)12-3-5-14(6-4-12)31-21(28)13-2-1-9-23-11-13/h1-11,25-26H,(H,29,30). The van der Waals surface area contributed by atoms with E-state index in [1.807, 2.05) is 0 Å². The van der Waals surface area contributed by atoms with Crippen molar-refractivity contribution in [3.8, 4) is 28.5 Å². The average molecular weight is 418 g/mol. The van der Waals surface area contributed by atoms with E-state index in [1.54, 1.807) is 12.1 Å². The molecular formula is C22H14N2O7. The maximum Gasteiger partial charge on any atom is 0.416 e. The topological polar surface area (TPSA) is 139 Å². The summed E-state index contributed by atoms with van der Waals surface area (Å²) in [6.45, 7) is 0. The molecule has 9 nitrogen and oxygen atoms in total. The van der Waals surface area contributed by atoms with Crippen LogP contribution in [0.25, 0.3) is 22.2 Å². The third kappa shape index (κ3) is 3.55. The van der Waals surface area contributed by atoms with Crippen LogP contribution >= 0.6 is 0 Å². The molecule has 0 bridgehead atoms. The van der Waals surface area contributed by atoms with E-state index in [2.05, 4.69) is 4.98 Å². The second-order valence-electron chi connectivity index (χ2n) is 6.49. The second-order valence-corrected chi connectivity index (χ2v) is 6.49. The number of aromatic nitrogens is 2. The number of phenols is 2. The maximum absolute atomic E-state index is 12.5. The first-order valence-electron chi connectivity index (χ1n) is 8.93. The number of aromatic hydroxyl groups is 2. The normalized spacial score (nSPS) is 10.7. The molecule has 0 amide bonds. The molecule has 2 aromatic heterocycles. The lowest BCUT2D eigenvalue weighted by Crippen LogP contribution is -2.17. The Kier molecular flexibility index (Phi) is 4.84. The Morgan fingerprint density at radius 2 is 1.68 bits per heavy atom. The van der Waals surface area contributed by atoms with E-state index in [0.717, 1.165) is 18.2 Å². The van der Waals surface area contributed by atoms with E-state index in [4.69, 9.17) is 4.74 Å². The zero-order valence-electron chi connectivity index (χ0n) is 15.7. The number of phenolic OH excluding ortho intramolecular Hbond substituents is 2. The zero-order chi connectivity index (χ0) is 22.1. The maximum atomic E-state index is 12.5. The molecule has 2 heterocycles. The van der Waals surface area contributed by atoms with Gasteiger partial charge in [0.1, 0.15) is 22.8 Å². The predicted octanol–water partition coefficient (Wildman–Crippen LogP) is 3.22. The predicted molar refractivity (Wildman–Crippen MR) is 110 cm³/mol. The summed E-state index contributed by atoms with van der Waals surface area (Å²) in [5, 5.41) is 29.6. The van der Waals surface area contributed by atoms with E-state index in [9.17, 15) is 29.7 Å². The fourth-order valence-electron chi connectivity index (χ4n) is 3.17. The number of pyridine rings is 2. The van der Waals surface area contributed by atoms with Gasteiger partial charge in [-0.3, -0.25) is 9.78 Å². The molecule has 2 aromatic carbocycles. The number of nitrogens with zero attached hydrogens (tertiary/aromatic N) is 2. The van der Waals surface area contributed by atoms with Crippen molar-refractivity contribution in [3.05, 3.63) is 82.8 Å². The molecule has 4 aromatic rings. The molecule has 9 heteroatoms. The molecular weight excluding hydrogens is 404 g/mol. The Hall–Kier alpha value is -4.66. The molecule has 154 valence electrons. The Balaban J connectivity index is 1.78. The Morgan fingerprint density at radius 1 is 0.968 bits per heavy atom. The van der Waals surface area contributed by atoms with Gasteiger partial charge in [0.15, 0.2) is 5.43 Å². The van der Waals surface area contributed by atoms with Crippen LogP contribution in [0.15, 0.2) is 71.8 Å². The zero-order valence-corrected chi connectivity index (χ0v) is 15.7. The van der Waals surface area contributed by atoms with Gasteiger partial charge in [0.05, 0.1) is 16.6 Å². The van der Waals surface area contributed by atoms with Crippen LogP contribution in [0.4, 0.5) is 4.79 Å². The summed E-state index contributed by atoms with van der Waals surface area (Å²) in [6, 6.07) is 12.2. The van der Waals surface area contributed by atoms with Crippen molar-refractivity contribution in [2.45, 2.75) is 0 Å². The fraction of sp³-hybridized carbons (Fsp3) is 0. The van der Waals surface area contributed by atoms with Crippen molar-refractivity contribution < 1.29 is 29.6 Å². The van der Waals surface area contributed by atoms with Crippen molar-refractivity contribution in [1.29, 1.82) is 0 Å². The van der Waals surface area contributed by atoms with Gasteiger partial charge < -0.3 is 20.1 Å². The van der Waals surface area contributed by atoms with Gasteiger partial charge in [0.2, 0.25) is 0 Å². The lowest BCUT2D eigenvalue weighted by Gasteiger charge is -2.15. The summed E-state index contributed by atoms with van der Waals surface area (Å²) < 4.78 is 5.97. The first kappa shape index (κ1) is 19.6. The van der Waals surface area contributed by atoms with Gasteiger partial charge in [-0.1, -0.05) is 0 Å². The van der Waals surface area contributed by atoms with Crippen LogP contribution in [-0.2, 0) is 0 Å². The molecule has 0 aliphatic rings. The van der Waals surface area contributed by atoms with Crippen molar-refractivity contribution >= 4 is 23.0 Å². The number of esters is 1. The van der Waals surface area contributed by atoms with E-state index in [0.29, 0.717) is 10.1 Å². The first-order valence-corrected chi connectivity index (χ1v) is 8.93. The summed E-state index contributed by atoms with van der Waals surface area (Å²) in [7, 11) is 0. The number of hydrogen-bond acceptors (Lipinski definition) is 7. The Labute approximate surface area is 174 Å². The Bertz CT molecular complexity index is 1380. The minimum absolute atomic E-state index is 0.0314. The van der Waals surface area contributed by atoms with Crippen molar-refractivity contribution in [2.75, 3.05) is 0 Å². The number of carbonyl (C=O) groups excluding carboxylic acids is 1. The highest BCUT2D eigenvalue weighted by Crippen LogP contribution is 2.33. The molecule has 31 heavy (non-hydrogen) atoms. The van der Waals surface area contributed by atoms with Crippen LogP contribution in [0.2, 0.25) is 0 Å². The highest BCUT2D eigenvalue weighted by molar-refractivity contribution is 5.98. The van der Waals surface area contributed by atoms with Crippen LogP contribution in [0.3, 0.4) is 0 Å². The molecule has 0 radical (unpaired) electrons. The first-order chi connectivity index (χ1) is 14.9. The largest absolute Gasteiger partial charge is 0.507 e. The van der Waals surface area contributed by atoms with Crippen molar-refractivity contribution in [3.63, 3.8) is 0 Å². The highest BCUT2D eigenvalue weighted by atomic mass is 16.5. The van der Waals surface area contributed by atoms with Crippen LogP contribution in [0.1, 0.15) is 10.4 Å². The van der Waals surface area contributed by atoms with E-state index in [1.165, 1.54) is 36.7 Å². The number of carbonyl (C=O) groups is 2. The lowest BCUT2D eigenvalue weighted by molar-refractivity contribution is 0.0734. The Morgan fingerprint density at radius 3 is 2.32 bits per heavy atom. The van der Waals surface area contributed by atoms with Crippen LogP contribution in [0.5, 0.6) is 17.2 Å². The van der Waals surface area contributed by atoms with Gasteiger partial charge in [0.25, 0.3) is 0 Å². The summed E-state index contributed by atoms with van der Waals surface area (Å²) in [5.41, 5.74) is -0.456. The molecule has 4 rings (SSSR count). The lowest BCUT2D eigenvalue weighted by atomic mass is 10.1. The third-order valence-corrected chi connectivity index (χ3v) is 4.56. The van der Waals surface area contributed by atoms with Gasteiger partial charge >= 0.3 is 12.1 Å². The number of hydrogen-bond donors (Lipinski definition) is 3. The molecule has 0 aliphatic carbocycles. The molecule has 0 saturated heterocycles. The second kappa shape index (κ2) is 7.64. The number of ether oxygens (including phenoxy) is 1. The van der Waals surface area contributed by atoms with Crippen molar-refractivity contribution in [2.24, 2.45) is 0 Å². The molecule has 0 spiro atoms. The summed E-state index contributed by atoms with van der Waals surface area (Å²) >= 11 is 0. The van der Waals surface area contributed by atoms with Crippen LogP contribution < -0.4 is 10.2 Å². The van der Waals surface area contributed by atoms with Gasteiger partial charge in [0, 0.05) is 18.5 Å². The minimum Gasteiger partial charge on any atom is -0.507 e. The summed E-state index contributed by atoms with van der Waals surface area (Å²) in [6.07, 6.45) is 1.42. The van der Waals surface area contributed by atoms with Crippen LogP contribution in [0, 0.1) is 0 Å². The molecule has 0 atom stereocenters. The van der Waals surface area contributed by atoms with Gasteiger partial charge in [-0.05, 0) is 54.1 Å². The smallest absolute Gasteiger partial charge is 0.416 e. The summed E-state index contributed by atoms with van der Waals surface area (Å²) in [5.74, 6) is -1.34. The van der Waals surface area contributed by atoms with Gasteiger partial charge in [-0.2, -0.15) is 0 Å². The number of carboxylic acid groups (broad SMARTS) is 1. The highest BCUT2D eigenvalue weighted by Gasteiger charge is 2.20. The number of benzene rings is 2. The molecule has 0 aliphatic heterocycles. The van der Waals surface area contributed by atoms with E-state index < -0.39 is 29.0 Å². The molecule has 0 saturated carbocycles.